The molecule has 0 aliphatic rings. The maximum Gasteiger partial charge on any atom is 0.306 e. The molecule has 0 saturated heterocycles. The lowest BCUT2D eigenvalue weighted by atomic mass is 10.1. The molecule has 0 bridgehead atoms. The molecule has 1 unspecified atom stereocenters. The van der Waals surface area contributed by atoms with Gasteiger partial charge in [0, 0.05) is 12.8 Å². The van der Waals surface area contributed by atoms with Crippen LogP contribution >= 0.6 is 0 Å². The van der Waals surface area contributed by atoms with Gasteiger partial charge in [-0.05, 0) is 90.3 Å². The van der Waals surface area contributed by atoms with E-state index in [-0.39, 0.29) is 12.8 Å². The van der Waals surface area contributed by atoms with Crippen LogP contribution in [0.15, 0.2) is 36.5 Å². The molecule has 48 heavy (non-hydrogen) atoms. The molecule has 0 fully saturated rings. The zero-order valence-electron chi connectivity index (χ0n) is 36.9. The average molecular weight is 696 g/mol. The van der Waals surface area contributed by atoms with Crippen molar-refractivity contribution in [2.75, 3.05) is 13.1 Å². The van der Waals surface area contributed by atoms with Gasteiger partial charge in [-0.1, -0.05) is 134 Å². The highest BCUT2D eigenvalue weighted by Gasteiger charge is 2.22. The Morgan fingerprint density at radius 2 is 0.958 bits per heavy atom. The lowest BCUT2D eigenvalue weighted by Crippen LogP contribution is -2.35. The number of rotatable bonds is 35. The van der Waals surface area contributed by atoms with Crippen LogP contribution in [0.25, 0.3) is 0 Å². The minimum absolute atomic E-state index is 0.0778. The van der Waals surface area contributed by atoms with E-state index in [1.54, 1.807) is 19.6 Å². The van der Waals surface area contributed by atoms with Gasteiger partial charge < -0.3 is 13.9 Å². The van der Waals surface area contributed by atoms with Gasteiger partial charge in [-0.25, -0.2) is 0 Å². The van der Waals surface area contributed by atoms with Gasteiger partial charge in [-0.3, -0.25) is 9.59 Å². The van der Waals surface area contributed by atoms with Crippen LogP contribution in [0, 0.1) is 0 Å². The molecular weight excluding hydrogens is 613 g/mol. The second-order valence-electron chi connectivity index (χ2n) is 14.0. The van der Waals surface area contributed by atoms with Gasteiger partial charge in [0.05, 0.1) is 13.4 Å². The van der Waals surface area contributed by atoms with Gasteiger partial charge >= 0.3 is 11.9 Å². The summed E-state index contributed by atoms with van der Waals surface area (Å²) < 4.78 is 58.7. The van der Waals surface area contributed by atoms with Crippen molar-refractivity contribution in [3.63, 3.8) is 0 Å². The molecule has 0 N–H and O–H groups in total. The first-order valence-electron chi connectivity index (χ1n) is 22.2. The molecule has 6 heteroatoms. The largest absolute Gasteiger partial charge is 0.462 e. The van der Waals surface area contributed by atoms with Gasteiger partial charge in [0.2, 0.25) is 0 Å². The number of hydrogen-bond acceptors (Lipinski definition) is 5. The summed E-state index contributed by atoms with van der Waals surface area (Å²) in [5, 5.41) is 0. The monoisotopic (exact) mass is 696 g/mol. The molecule has 0 aromatic heterocycles. The summed E-state index contributed by atoms with van der Waals surface area (Å²) in [6, 6.07) is 0. The second kappa shape index (κ2) is 35.2. The summed E-state index contributed by atoms with van der Waals surface area (Å²) >= 11 is 0. The third-order valence-corrected chi connectivity index (χ3v) is 8.61. The highest BCUT2D eigenvalue weighted by Crippen LogP contribution is 2.13. The highest BCUT2D eigenvalue weighted by molar-refractivity contribution is 6.69. The van der Waals surface area contributed by atoms with Crippen LogP contribution in [0.3, 0.4) is 0 Å². The van der Waals surface area contributed by atoms with Gasteiger partial charge in [-0.2, -0.15) is 0 Å². The molecular formula is C42H78O5Si. The molecule has 0 radical (unpaired) electrons. The summed E-state index contributed by atoms with van der Waals surface area (Å²) in [6.07, 6.45) is 35.4. The molecule has 280 valence electrons. The summed E-state index contributed by atoms with van der Waals surface area (Å²) in [5.41, 5.74) is 0. The number of hydrogen-bond donors (Lipinski definition) is 0. The predicted molar refractivity (Wildman–Crippen MR) is 209 cm³/mol. The van der Waals surface area contributed by atoms with Crippen molar-refractivity contribution < 1.29 is 30.3 Å². The van der Waals surface area contributed by atoms with Crippen molar-refractivity contribution in [3.8, 4) is 0 Å². The maximum absolute atomic E-state index is 12.9. The fourth-order valence-electron chi connectivity index (χ4n) is 5.00. The zero-order valence-corrected chi connectivity index (χ0v) is 32.9. The number of esters is 2. The summed E-state index contributed by atoms with van der Waals surface area (Å²) in [6.45, 7) is 3.14. The van der Waals surface area contributed by atoms with Crippen molar-refractivity contribution in [1.82, 2.24) is 0 Å². The molecule has 0 amide bonds. The van der Waals surface area contributed by atoms with Gasteiger partial charge in [-0.15, -0.1) is 0 Å². The average Bonchev–Trinajstić information content (AvgIpc) is 3.06. The van der Waals surface area contributed by atoms with Crippen LogP contribution in [0.4, 0.5) is 0 Å². The van der Waals surface area contributed by atoms with Crippen molar-refractivity contribution in [2.45, 2.75) is 207 Å². The minimum atomic E-state index is -3.29. The van der Waals surface area contributed by atoms with E-state index in [2.05, 4.69) is 50.3 Å². The van der Waals surface area contributed by atoms with Gasteiger partial charge in [0.1, 0.15) is 6.56 Å². The normalized spacial score (nSPS) is 15.6. The topological polar surface area (TPSA) is 61.8 Å². The lowest BCUT2D eigenvalue weighted by Gasteiger charge is -2.23. The molecule has 1 atom stereocenters. The number of carbonyl (C=O) groups is 2. The Hall–Kier alpha value is -1.66. The van der Waals surface area contributed by atoms with E-state index < -0.39 is 39.5 Å². The Bertz CT molecular complexity index is 1030. The Kier molecular flexibility index (Phi) is 27.5. The summed E-state index contributed by atoms with van der Waals surface area (Å²) in [5.74, 6) is -1.83. The molecule has 0 aliphatic carbocycles. The van der Waals surface area contributed by atoms with Crippen molar-refractivity contribution in [3.05, 3.63) is 36.5 Å². The first kappa shape index (κ1) is 37.6. The van der Waals surface area contributed by atoms with E-state index >= 15 is 0 Å². The van der Waals surface area contributed by atoms with Crippen LogP contribution in [0.5, 0.6) is 0 Å². The Balaban J connectivity index is 4.69. The fraction of sp³-hybridized carbons (Fsp3) is 0.810. The number of carbonyl (C=O) groups excluding carboxylic acids is 2. The van der Waals surface area contributed by atoms with E-state index in [0.29, 0.717) is 12.8 Å². The van der Waals surface area contributed by atoms with Gasteiger partial charge in [0.25, 0.3) is 0 Å². The first-order chi connectivity index (χ1) is 25.1. The zero-order chi connectivity index (χ0) is 39.9. The predicted octanol–water partition coefficient (Wildman–Crippen LogP) is 13.1. The van der Waals surface area contributed by atoms with Crippen LogP contribution in [-0.2, 0) is 23.5 Å². The Labute approximate surface area is 306 Å². The summed E-state index contributed by atoms with van der Waals surface area (Å²) in [7, 11) is -2.70. The third kappa shape index (κ3) is 37.2. The maximum atomic E-state index is 12.9. The minimum Gasteiger partial charge on any atom is -0.462 e. The number of ether oxygens (including phenoxy) is 2. The van der Waals surface area contributed by atoms with Crippen LogP contribution in [0.1, 0.15) is 188 Å². The van der Waals surface area contributed by atoms with E-state index in [0.717, 1.165) is 83.5 Å². The van der Waals surface area contributed by atoms with Crippen molar-refractivity contribution in [2.24, 2.45) is 0 Å². The van der Waals surface area contributed by atoms with Gasteiger partial charge in [0.15, 0.2) is 14.4 Å². The fourth-order valence-corrected chi connectivity index (χ4v) is 5.40. The van der Waals surface area contributed by atoms with E-state index in [4.69, 9.17) is 20.8 Å². The quantitative estimate of drug-likeness (QED) is 0.0286. The molecule has 5 nitrogen and oxygen atoms in total. The van der Waals surface area contributed by atoms with Crippen molar-refractivity contribution >= 4 is 20.3 Å². The lowest BCUT2D eigenvalue weighted by molar-refractivity contribution is -0.161. The Morgan fingerprint density at radius 1 is 0.562 bits per heavy atom. The van der Waals surface area contributed by atoms with E-state index in [1.165, 1.54) is 57.8 Å². The molecule has 0 saturated carbocycles. The Morgan fingerprint density at radius 3 is 1.46 bits per heavy atom. The van der Waals surface area contributed by atoms with Crippen LogP contribution < -0.4 is 0 Å². The first-order valence-corrected chi connectivity index (χ1v) is 23.1. The smallest absolute Gasteiger partial charge is 0.306 e. The van der Waals surface area contributed by atoms with E-state index in [9.17, 15) is 9.59 Å². The third-order valence-electron chi connectivity index (χ3n) is 7.90. The van der Waals surface area contributed by atoms with Crippen molar-refractivity contribution in [1.29, 1.82) is 0 Å². The summed E-state index contributed by atoms with van der Waals surface area (Å²) in [4.78, 5) is 25.6. The highest BCUT2D eigenvalue weighted by atomic mass is 28.4. The standard InChI is InChI=1S/C42H78O5Si/c1-6-8-10-12-14-16-18-20-22-24-26-28-30-32-34-36-41(43)45-38-40(39-46-48(3,4)5)47-42(44)37-35-33-31-29-27-25-23-21-19-17-15-13-11-9-7-2/h15,17,20-23,40H,6-14,16,18-19,24-39H2,1-5H3/b17-15-,22-20-,23-21-/i38D2,39D2,40D. The number of unbranched alkanes of at least 4 members (excludes halogenated alkanes) is 19. The number of allylic oxidation sites excluding steroid dienone is 6. The molecule has 0 spiro atoms. The van der Waals surface area contributed by atoms with Crippen LogP contribution in [-0.4, -0.2) is 39.5 Å². The molecule has 0 aliphatic heterocycles. The van der Waals surface area contributed by atoms with Crippen LogP contribution in [0.2, 0.25) is 19.6 Å². The molecule has 0 aromatic rings. The SMILES string of the molecule is [2H]C([2H])(OC(=O)CCCCCCC/C=C\CCCCCCCC)C([2H])(OC(=O)CCCCCCC/C=C\C/C=C\CCCCC)C([2H])([2H])O[Si](C)(C)C. The molecule has 0 heterocycles. The molecule has 0 aromatic carbocycles. The second-order valence-corrected chi connectivity index (χ2v) is 18.4. The van der Waals surface area contributed by atoms with E-state index in [1.807, 2.05) is 0 Å². The molecule has 0 rings (SSSR count).